The van der Waals surface area contributed by atoms with E-state index in [-0.39, 0.29) is 0 Å². The maximum atomic E-state index is 3.77. The predicted octanol–water partition coefficient (Wildman–Crippen LogP) is 4.29. The van der Waals surface area contributed by atoms with Crippen LogP contribution in [-0.4, -0.2) is 30.1 Å². The van der Waals surface area contributed by atoms with E-state index in [1.165, 1.54) is 10.0 Å². The molecule has 1 aromatic rings. The number of hydrogen-bond acceptors (Lipinski definition) is 2. The summed E-state index contributed by atoms with van der Waals surface area (Å²) in [5.41, 5.74) is 1.69. The van der Waals surface area contributed by atoms with Gasteiger partial charge in [0.1, 0.15) is 0 Å². The molecule has 118 valence electrons. The van der Waals surface area contributed by atoms with Crippen molar-refractivity contribution in [1.29, 1.82) is 0 Å². The van der Waals surface area contributed by atoms with Crippen molar-refractivity contribution in [1.82, 2.24) is 10.2 Å². The van der Waals surface area contributed by atoms with Crippen molar-refractivity contribution in [2.45, 2.75) is 53.2 Å². The summed E-state index contributed by atoms with van der Waals surface area (Å²) in [6, 6.07) is 9.75. The fourth-order valence-electron chi connectivity index (χ4n) is 3.09. The number of piperazine rings is 1. The van der Waals surface area contributed by atoms with E-state index in [1.807, 2.05) is 0 Å². The number of rotatable bonds is 3. The summed E-state index contributed by atoms with van der Waals surface area (Å²) in [5.74, 6) is 0.668. The average Bonchev–Trinajstić information content (AvgIpc) is 2.40. The lowest BCUT2D eigenvalue weighted by Crippen LogP contribution is -2.61. The van der Waals surface area contributed by atoms with Crippen molar-refractivity contribution in [3.05, 3.63) is 34.3 Å². The number of nitrogens with one attached hydrogen (secondary N) is 1. The first-order valence-corrected chi connectivity index (χ1v) is 8.79. The molecule has 0 radical (unpaired) electrons. The van der Waals surface area contributed by atoms with E-state index in [4.69, 9.17) is 0 Å². The average molecular weight is 353 g/mol. The summed E-state index contributed by atoms with van der Waals surface area (Å²) in [4.78, 5) is 2.66. The van der Waals surface area contributed by atoms with Gasteiger partial charge in [-0.2, -0.15) is 0 Å². The van der Waals surface area contributed by atoms with E-state index in [1.54, 1.807) is 0 Å². The van der Waals surface area contributed by atoms with Crippen LogP contribution in [0, 0.1) is 11.3 Å². The minimum absolute atomic E-state index is 0.300. The van der Waals surface area contributed by atoms with Crippen molar-refractivity contribution in [3.63, 3.8) is 0 Å². The molecule has 2 unspecified atom stereocenters. The van der Waals surface area contributed by atoms with E-state index in [0.717, 1.165) is 19.6 Å². The van der Waals surface area contributed by atoms with Crippen LogP contribution in [0.2, 0.25) is 0 Å². The van der Waals surface area contributed by atoms with E-state index >= 15 is 0 Å². The fraction of sp³-hybridized carbons (Fsp3) is 0.667. The van der Waals surface area contributed by atoms with E-state index in [0.29, 0.717) is 23.4 Å². The largest absolute Gasteiger partial charge is 0.311 e. The van der Waals surface area contributed by atoms with Gasteiger partial charge in [-0.3, -0.25) is 4.90 Å². The third-order valence-electron chi connectivity index (χ3n) is 4.61. The lowest BCUT2D eigenvalue weighted by molar-refractivity contribution is 0.0571. The molecule has 2 rings (SSSR count). The maximum absolute atomic E-state index is 3.77. The van der Waals surface area contributed by atoms with Gasteiger partial charge in [-0.05, 0) is 23.0 Å². The topological polar surface area (TPSA) is 15.3 Å². The minimum atomic E-state index is 0.300. The molecule has 1 aromatic carbocycles. The van der Waals surface area contributed by atoms with Gasteiger partial charge >= 0.3 is 0 Å². The first kappa shape index (κ1) is 17.0. The van der Waals surface area contributed by atoms with Crippen molar-refractivity contribution < 1.29 is 0 Å². The van der Waals surface area contributed by atoms with Gasteiger partial charge in [0.25, 0.3) is 0 Å². The lowest BCUT2D eigenvalue weighted by Gasteiger charge is -2.46. The number of hydrogen-bond donors (Lipinski definition) is 1. The van der Waals surface area contributed by atoms with Gasteiger partial charge in [-0.1, -0.05) is 68.7 Å². The highest BCUT2D eigenvalue weighted by Gasteiger charge is 2.35. The second kappa shape index (κ2) is 6.80. The molecule has 2 nitrogen and oxygen atoms in total. The molecule has 1 saturated heterocycles. The summed E-state index contributed by atoms with van der Waals surface area (Å²) < 4.78 is 1.22. The lowest BCUT2D eigenvalue weighted by atomic mass is 9.83. The van der Waals surface area contributed by atoms with Gasteiger partial charge in [-0.25, -0.2) is 0 Å². The first-order valence-electron chi connectivity index (χ1n) is 8.00. The number of benzene rings is 1. The SMILES string of the molecule is CC(C)C1CNC(C(C)(C)C)CN1Cc1ccccc1Br. The Morgan fingerprint density at radius 2 is 1.95 bits per heavy atom. The molecule has 0 aromatic heterocycles. The Hall–Kier alpha value is -0.380. The van der Waals surface area contributed by atoms with Crippen LogP contribution in [0.25, 0.3) is 0 Å². The Labute approximate surface area is 138 Å². The van der Waals surface area contributed by atoms with Gasteiger partial charge < -0.3 is 5.32 Å². The van der Waals surface area contributed by atoms with Crippen molar-refractivity contribution in [2.75, 3.05) is 13.1 Å². The Morgan fingerprint density at radius 1 is 1.29 bits per heavy atom. The quantitative estimate of drug-likeness (QED) is 0.872. The molecule has 0 aliphatic carbocycles. The second-order valence-electron chi connectivity index (χ2n) is 7.66. The van der Waals surface area contributed by atoms with E-state index in [2.05, 4.69) is 85.0 Å². The molecule has 1 aliphatic rings. The van der Waals surface area contributed by atoms with Crippen molar-refractivity contribution >= 4 is 15.9 Å². The van der Waals surface area contributed by atoms with Crippen LogP contribution in [0.4, 0.5) is 0 Å². The summed E-state index contributed by atoms with van der Waals surface area (Å²) in [6.45, 7) is 14.9. The maximum Gasteiger partial charge on any atom is 0.0249 e. The van der Waals surface area contributed by atoms with Gasteiger partial charge in [0.2, 0.25) is 0 Å². The van der Waals surface area contributed by atoms with Gasteiger partial charge in [0, 0.05) is 36.2 Å². The molecule has 3 heteroatoms. The van der Waals surface area contributed by atoms with Gasteiger partial charge in [0.15, 0.2) is 0 Å². The smallest absolute Gasteiger partial charge is 0.0249 e. The summed E-state index contributed by atoms with van der Waals surface area (Å²) >= 11 is 3.69. The Bertz CT molecular complexity index is 465. The third-order valence-corrected chi connectivity index (χ3v) is 5.38. The van der Waals surface area contributed by atoms with Crippen molar-refractivity contribution in [3.8, 4) is 0 Å². The van der Waals surface area contributed by atoms with Crippen LogP contribution in [0.1, 0.15) is 40.2 Å². The van der Waals surface area contributed by atoms with Crippen LogP contribution in [0.15, 0.2) is 28.7 Å². The monoisotopic (exact) mass is 352 g/mol. The molecule has 1 N–H and O–H groups in total. The molecule has 1 fully saturated rings. The molecule has 0 saturated carbocycles. The standard InChI is InChI=1S/C18H29BrN2/c1-13(2)16-10-20-17(18(3,4)5)12-21(16)11-14-8-6-7-9-15(14)19/h6-9,13,16-17,20H,10-12H2,1-5H3. The normalized spacial score (nSPS) is 24.5. The third kappa shape index (κ3) is 4.30. The Morgan fingerprint density at radius 3 is 2.52 bits per heavy atom. The van der Waals surface area contributed by atoms with Crippen LogP contribution in [-0.2, 0) is 6.54 Å². The zero-order valence-electron chi connectivity index (χ0n) is 14.0. The Kier molecular flexibility index (Phi) is 5.50. The van der Waals surface area contributed by atoms with Gasteiger partial charge in [-0.15, -0.1) is 0 Å². The van der Waals surface area contributed by atoms with E-state index in [9.17, 15) is 0 Å². The zero-order chi connectivity index (χ0) is 15.6. The molecule has 0 amide bonds. The van der Waals surface area contributed by atoms with Crippen LogP contribution in [0.3, 0.4) is 0 Å². The highest BCUT2D eigenvalue weighted by Crippen LogP contribution is 2.28. The van der Waals surface area contributed by atoms with Crippen LogP contribution in [0.5, 0.6) is 0 Å². The Balaban J connectivity index is 2.16. The summed E-state index contributed by atoms with van der Waals surface area (Å²) in [7, 11) is 0. The fourth-order valence-corrected chi connectivity index (χ4v) is 3.50. The zero-order valence-corrected chi connectivity index (χ0v) is 15.6. The first-order chi connectivity index (χ1) is 9.79. The molecule has 1 heterocycles. The number of nitrogens with zero attached hydrogens (tertiary/aromatic N) is 1. The molecule has 21 heavy (non-hydrogen) atoms. The van der Waals surface area contributed by atoms with Crippen molar-refractivity contribution in [2.24, 2.45) is 11.3 Å². The molecule has 0 spiro atoms. The highest BCUT2D eigenvalue weighted by molar-refractivity contribution is 9.10. The van der Waals surface area contributed by atoms with Gasteiger partial charge in [0.05, 0.1) is 0 Å². The molecular weight excluding hydrogens is 324 g/mol. The van der Waals surface area contributed by atoms with Crippen LogP contribution >= 0.6 is 15.9 Å². The molecule has 1 aliphatic heterocycles. The highest BCUT2D eigenvalue weighted by atomic mass is 79.9. The molecular formula is C18H29BrN2. The number of halogens is 1. The molecule has 0 bridgehead atoms. The minimum Gasteiger partial charge on any atom is -0.311 e. The summed E-state index contributed by atoms with van der Waals surface area (Å²) in [5, 5.41) is 3.77. The second-order valence-corrected chi connectivity index (χ2v) is 8.51. The molecule has 2 atom stereocenters. The van der Waals surface area contributed by atoms with E-state index < -0.39 is 0 Å². The predicted molar refractivity (Wildman–Crippen MR) is 94.4 cm³/mol. The van der Waals surface area contributed by atoms with Crippen LogP contribution < -0.4 is 5.32 Å². The summed E-state index contributed by atoms with van der Waals surface area (Å²) in [6.07, 6.45) is 0.